The molecule has 1 heterocycles. The maximum atomic E-state index is 12.0. The summed E-state index contributed by atoms with van der Waals surface area (Å²) < 4.78 is 1.66. The summed E-state index contributed by atoms with van der Waals surface area (Å²) in [4.78, 5) is 12.0. The summed E-state index contributed by atoms with van der Waals surface area (Å²) in [5.74, 6) is -0.157. The molecule has 2 rings (SSSR count). The number of nitrogens with zero attached hydrogens (tertiary/aromatic N) is 2. The van der Waals surface area contributed by atoms with Crippen LogP contribution in [-0.2, 0) is 7.05 Å². The van der Waals surface area contributed by atoms with Crippen molar-refractivity contribution < 1.29 is 9.90 Å². The van der Waals surface area contributed by atoms with Gasteiger partial charge in [-0.15, -0.1) is 0 Å². The Hall–Kier alpha value is -2.14. The Kier molecular flexibility index (Phi) is 4.53. The Balaban J connectivity index is 1.84. The fourth-order valence-corrected chi connectivity index (χ4v) is 1.98. The van der Waals surface area contributed by atoms with Gasteiger partial charge in [0.05, 0.1) is 17.9 Å². The van der Waals surface area contributed by atoms with Crippen LogP contribution in [0, 0.1) is 6.92 Å². The molecule has 0 aliphatic carbocycles. The van der Waals surface area contributed by atoms with Gasteiger partial charge in [0.15, 0.2) is 0 Å². The Morgan fingerprint density at radius 1 is 1.40 bits per heavy atom. The van der Waals surface area contributed by atoms with Crippen molar-refractivity contribution in [2.24, 2.45) is 7.05 Å². The van der Waals surface area contributed by atoms with Crippen molar-refractivity contribution in [1.29, 1.82) is 0 Å². The van der Waals surface area contributed by atoms with E-state index in [2.05, 4.69) is 10.4 Å². The van der Waals surface area contributed by atoms with Gasteiger partial charge in [-0.3, -0.25) is 9.48 Å². The minimum atomic E-state index is -0.563. The topological polar surface area (TPSA) is 67.2 Å². The highest BCUT2D eigenvalue weighted by Gasteiger charge is 2.13. The lowest BCUT2D eigenvalue weighted by Gasteiger charge is -2.11. The van der Waals surface area contributed by atoms with Crippen molar-refractivity contribution in [3.8, 4) is 0 Å². The third-order valence-corrected chi connectivity index (χ3v) is 3.37. The lowest BCUT2D eigenvalue weighted by Crippen LogP contribution is -2.26. The zero-order valence-electron chi connectivity index (χ0n) is 11.7. The molecule has 2 aromatic rings. The van der Waals surface area contributed by atoms with Gasteiger partial charge in [-0.2, -0.15) is 5.10 Å². The summed E-state index contributed by atoms with van der Waals surface area (Å²) in [5, 5.41) is 16.8. The lowest BCUT2D eigenvalue weighted by molar-refractivity contribution is 0.0942. The van der Waals surface area contributed by atoms with Gasteiger partial charge < -0.3 is 10.4 Å². The standard InChI is InChI=1S/C15H19N3O2/c1-11-13(10-17-18(11)2)15(20)16-9-8-14(19)12-6-4-3-5-7-12/h3-7,10,14,19H,8-9H2,1-2H3,(H,16,20). The number of aromatic nitrogens is 2. The third kappa shape index (κ3) is 3.24. The zero-order chi connectivity index (χ0) is 14.5. The van der Waals surface area contributed by atoms with Gasteiger partial charge in [-0.25, -0.2) is 0 Å². The summed E-state index contributed by atoms with van der Waals surface area (Å²) in [5.41, 5.74) is 2.26. The molecule has 0 aliphatic heterocycles. The van der Waals surface area contributed by atoms with E-state index in [9.17, 15) is 9.90 Å². The Bertz CT molecular complexity index is 578. The molecule has 5 heteroatoms. The highest BCUT2D eigenvalue weighted by molar-refractivity contribution is 5.94. The number of benzene rings is 1. The van der Waals surface area contributed by atoms with Crippen molar-refractivity contribution in [3.63, 3.8) is 0 Å². The van der Waals surface area contributed by atoms with E-state index in [0.29, 0.717) is 18.5 Å². The lowest BCUT2D eigenvalue weighted by atomic mass is 10.1. The monoisotopic (exact) mass is 273 g/mol. The van der Waals surface area contributed by atoms with Crippen LogP contribution in [0.4, 0.5) is 0 Å². The molecule has 0 radical (unpaired) electrons. The van der Waals surface area contributed by atoms with Crippen LogP contribution in [0.2, 0.25) is 0 Å². The summed E-state index contributed by atoms with van der Waals surface area (Å²) in [6.07, 6.45) is 1.47. The predicted octanol–water partition coefficient (Wildman–Crippen LogP) is 1.58. The molecule has 1 amide bonds. The van der Waals surface area contributed by atoms with Crippen LogP contribution in [0.25, 0.3) is 0 Å². The predicted molar refractivity (Wildman–Crippen MR) is 76.3 cm³/mol. The highest BCUT2D eigenvalue weighted by atomic mass is 16.3. The highest BCUT2D eigenvalue weighted by Crippen LogP contribution is 2.15. The Morgan fingerprint density at radius 2 is 2.10 bits per heavy atom. The van der Waals surface area contributed by atoms with Gasteiger partial charge in [0.1, 0.15) is 0 Å². The van der Waals surface area contributed by atoms with Gasteiger partial charge in [0.25, 0.3) is 5.91 Å². The van der Waals surface area contributed by atoms with E-state index >= 15 is 0 Å². The van der Waals surface area contributed by atoms with Crippen LogP contribution in [0.5, 0.6) is 0 Å². The SMILES string of the molecule is Cc1c(C(=O)NCCC(O)c2ccccc2)cnn1C. The Morgan fingerprint density at radius 3 is 2.70 bits per heavy atom. The van der Waals surface area contributed by atoms with Crippen LogP contribution >= 0.6 is 0 Å². The molecule has 0 saturated heterocycles. The van der Waals surface area contributed by atoms with Gasteiger partial charge in [-0.05, 0) is 18.9 Å². The number of rotatable bonds is 5. The summed E-state index contributed by atoms with van der Waals surface area (Å²) in [6.45, 7) is 2.27. The van der Waals surface area contributed by atoms with Crippen LogP contribution in [0.1, 0.15) is 34.1 Å². The molecular weight excluding hydrogens is 254 g/mol. The largest absolute Gasteiger partial charge is 0.388 e. The number of hydrogen-bond acceptors (Lipinski definition) is 3. The van der Waals surface area contributed by atoms with E-state index in [1.165, 1.54) is 0 Å². The van der Waals surface area contributed by atoms with Gasteiger partial charge in [0, 0.05) is 19.3 Å². The number of carbonyl (C=O) groups excluding carboxylic acids is 1. The molecule has 1 unspecified atom stereocenters. The summed E-state index contributed by atoms with van der Waals surface area (Å²) >= 11 is 0. The molecule has 0 aliphatic rings. The molecule has 5 nitrogen and oxygen atoms in total. The van der Waals surface area contributed by atoms with E-state index in [4.69, 9.17) is 0 Å². The van der Waals surface area contributed by atoms with Crippen molar-refractivity contribution >= 4 is 5.91 Å². The van der Waals surface area contributed by atoms with E-state index < -0.39 is 6.10 Å². The number of carbonyl (C=O) groups is 1. The average molecular weight is 273 g/mol. The number of aliphatic hydroxyl groups is 1. The molecule has 0 saturated carbocycles. The number of amides is 1. The first kappa shape index (κ1) is 14.3. The van der Waals surface area contributed by atoms with Crippen molar-refractivity contribution in [2.45, 2.75) is 19.4 Å². The molecule has 1 aromatic carbocycles. The maximum absolute atomic E-state index is 12.0. The number of aliphatic hydroxyl groups excluding tert-OH is 1. The fourth-order valence-electron chi connectivity index (χ4n) is 1.98. The second-order valence-corrected chi connectivity index (χ2v) is 4.74. The quantitative estimate of drug-likeness (QED) is 0.869. The first-order valence-electron chi connectivity index (χ1n) is 6.59. The molecule has 0 spiro atoms. The number of nitrogens with one attached hydrogen (secondary N) is 1. The normalized spacial score (nSPS) is 12.2. The molecular formula is C15H19N3O2. The molecule has 0 fully saturated rings. The van der Waals surface area contributed by atoms with Crippen molar-refractivity contribution in [1.82, 2.24) is 15.1 Å². The Labute approximate surface area is 118 Å². The second-order valence-electron chi connectivity index (χ2n) is 4.74. The minimum Gasteiger partial charge on any atom is -0.388 e. The van der Waals surface area contributed by atoms with E-state index in [0.717, 1.165) is 11.3 Å². The molecule has 20 heavy (non-hydrogen) atoms. The average Bonchev–Trinajstić information content (AvgIpc) is 2.80. The molecule has 106 valence electrons. The molecule has 2 N–H and O–H groups in total. The molecule has 1 atom stereocenters. The van der Waals surface area contributed by atoms with Crippen molar-refractivity contribution in [3.05, 3.63) is 53.3 Å². The first-order valence-corrected chi connectivity index (χ1v) is 6.59. The molecule has 1 aromatic heterocycles. The second kappa shape index (κ2) is 6.34. The van der Waals surface area contributed by atoms with E-state index in [1.54, 1.807) is 17.9 Å². The van der Waals surface area contributed by atoms with Crippen LogP contribution in [0.15, 0.2) is 36.5 Å². The van der Waals surface area contributed by atoms with Crippen molar-refractivity contribution in [2.75, 3.05) is 6.54 Å². The minimum absolute atomic E-state index is 0.157. The van der Waals surface area contributed by atoms with E-state index in [1.807, 2.05) is 37.3 Å². The summed E-state index contributed by atoms with van der Waals surface area (Å²) in [6, 6.07) is 9.42. The molecule has 0 bridgehead atoms. The third-order valence-electron chi connectivity index (χ3n) is 3.37. The zero-order valence-corrected chi connectivity index (χ0v) is 11.7. The van der Waals surface area contributed by atoms with E-state index in [-0.39, 0.29) is 5.91 Å². The van der Waals surface area contributed by atoms with Gasteiger partial charge >= 0.3 is 0 Å². The smallest absolute Gasteiger partial charge is 0.254 e. The number of hydrogen-bond donors (Lipinski definition) is 2. The van der Waals surface area contributed by atoms with Gasteiger partial charge in [-0.1, -0.05) is 30.3 Å². The number of aryl methyl sites for hydroxylation is 1. The van der Waals surface area contributed by atoms with Crippen LogP contribution < -0.4 is 5.32 Å². The maximum Gasteiger partial charge on any atom is 0.254 e. The van der Waals surface area contributed by atoms with Crippen LogP contribution in [-0.4, -0.2) is 27.3 Å². The summed E-state index contributed by atoms with van der Waals surface area (Å²) in [7, 11) is 1.80. The first-order chi connectivity index (χ1) is 9.59. The van der Waals surface area contributed by atoms with Crippen LogP contribution in [0.3, 0.4) is 0 Å². The fraction of sp³-hybridized carbons (Fsp3) is 0.333. The van der Waals surface area contributed by atoms with Gasteiger partial charge in [0.2, 0.25) is 0 Å².